The van der Waals surface area contributed by atoms with Gasteiger partial charge in [-0.05, 0) is 219 Å². The van der Waals surface area contributed by atoms with E-state index in [-0.39, 0.29) is 0 Å². The Bertz CT molecular complexity index is 8650. The zero-order valence-corrected chi connectivity index (χ0v) is 67.3. The molecule has 26 rings (SSSR count). The second-order valence-electron chi connectivity index (χ2n) is 31.8. The molecule has 0 saturated heterocycles. The molecule has 0 saturated carbocycles. The summed E-state index contributed by atoms with van der Waals surface area (Å²) in [6, 6.07) is 156. The van der Waals surface area contributed by atoms with E-state index < -0.39 is 0 Å². The lowest BCUT2D eigenvalue weighted by atomic mass is 9.98. The first-order chi connectivity index (χ1) is 61.6. The zero-order chi connectivity index (χ0) is 81.7. The number of para-hydroxylation sites is 7. The zero-order valence-electron chi connectivity index (χ0n) is 67.3. The van der Waals surface area contributed by atoms with Crippen molar-refractivity contribution in [3.05, 3.63) is 455 Å². The third kappa shape index (κ3) is 11.7. The Kier molecular flexibility index (Phi) is 17.1. The molecule has 0 radical (unpaired) electrons. The predicted molar refractivity (Wildman–Crippen MR) is 518 cm³/mol. The first-order valence-corrected chi connectivity index (χ1v) is 42.2. The minimum Gasteiger partial charge on any atom is -0.309 e. The van der Waals surface area contributed by atoms with Crippen LogP contribution < -0.4 is 0 Å². The SMILES string of the molecule is c1ccc(-c2ccc(-n3c4ccccc4c4ccc(-c5cccc6c5c5cccnc5n6-c5ccccc5)cc43)cc2)cc1.c1ccc(-n2c3cccc(-c4ccc5c6ccccc6n(-c6ccc7ccccc7c6)c5c4)c3c3cccnc32)cc1.c1ccc(-n2c3ccccc3c3ccc(-c4cccc5c4c4cccnc4n5-c4ccccc4)cc32)cc1. The minimum atomic E-state index is 0.967. The average molecular weight is 1580 g/mol. The first-order valence-electron chi connectivity index (χ1n) is 42.2. The van der Waals surface area contributed by atoms with Gasteiger partial charge in [-0.1, -0.05) is 273 Å². The Morgan fingerprint density at radius 1 is 0.145 bits per heavy atom. The highest BCUT2D eigenvalue weighted by Gasteiger charge is 2.25. The molecule has 0 unspecified atom stereocenters. The van der Waals surface area contributed by atoms with Gasteiger partial charge in [-0.15, -0.1) is 0 Å². The largest absolute Gasteiger partial charge is 0.309 e. The average Bonchev–Trinajstić information content (AvgIpc) is 1.58. The fraction of sp³-hybridized carbons (Fsp3) is 0. The van der Waals surface area contributed by atoms with Crippen LogP contribution in [0.3, 0.4) is 0 Å². The van der Waals surface area contributed by atoms with E-state index in [1.165, 1.54) is 148 Å². The Balaban J connectivity index is 0.000000105. The van der Waals surface area contributed by atoms with Crippen LogP contribution in [0, 0.1) is 0 Å². The van der Waals surface area contributed by atoms with E-state index in [1.54, 1.807) is 0 Å². The van der Waals surface area contributed by atoms with Crippen LogP contribution in [0.5, 0.6) is 0 Å². The van der Waals surface area contributed by atoms with Crippen molar-refractivity contribution in [2.45, 2.75) is 0 Å². The van der Waals surface area contributed by atoms with E-state index in [0.29, 0.717) is 0 Å². The summed E-state index contributed by atoms with van der Waals surface area (Å²) in [6.45, 7) is 0. The summed E-state index contributed by atoms with van der Waals surface area (Å²) in [5.74, 6) is 0. The van der Waals surface area contributed by atoms with Gasteiger partial charge in [0.05, 0.1) is 49.7 Å². The molecular weight excluding hydrogens is 1510 g/mol. The van der Waals surface area contributed by atoms with Gasteiger partial charge in [0.15, 0.2) is 0 Å². The highest BCUT2D eigenvalue weighted by molar-refractivity contribution is 6.20. The fourth-order valence-corrected chi connectivity index (χ4v) is 19.5. The van der Waals surface area contributed by atoms with Gasteiger partial charge in [-0.3, -0.25) is 13.7 Å². The number of hydrogen-bond donors (Lipinski definition) is 0. The smallest absolute Gasteiger partial charge is 0.145 e. The van der Waals surface area contributed by atoms with Gasteiger partial charge in [0.25, 0.3) is 0 Å². The molecule has 0 N–H and O–H groups in total. The minimum absolute atomic E-state index is 0.967. The highest BCUT2D eigenvalue weighted by Crippen LogP contribution is 2.46. The standard InChI is InChI=1S/C41H27N3.C39H25N3.C35H23N3/c1-3-11-28(12-4-1)29-20-23-32(24-21-29)43-37-18-8-7-15-34(37)35-25-22-30(27-39(35)43)33-16-9-19-38-40(33)36-17-10-26-42-41(36)44(38)31-13-5-2-6-14-31;1-2-12-29(13-3-1)42-36-18-8-15-31(38(36)34-16-9-23-40-39(34)42)28-20-22-33-32-14-6-7-17-35(32)41(37(33)25-28)30-21-19-26-10-4-5-11-27(26)24-30;1-3-11-25(12-4-1)37-31-18-8-7-15-28(31)29-21-20-24(23-33(29)37)27-16-9-19-32-34(27)30-17-10-22-36-35(30)38(32)26-13-5-2-6-14-26/h1-27H;1-25H;1-23H. The van der Waals surface area contributed by atoms with E-state index >= 15 is 0 Å². The molecule has 124 heavy (non-hydrogen) atoms. The van der Waals surface area contributed by atoms with Gasteiger partial charge in [0.1, 0.15) is 16.9 Å². The fourth-order valence-electron chi connectivity index (χ4n) is 19.5. The van der Waals surface area contributed by atoms with Crippen LogP contribution in [-0.4, -0.2) is 42.4 Å². The van der Waals surface area contributed by atoms with Crippen LogP contribution in [0.15, 0.2) is 455 Å². The lowest BCUT2D eigenvalue weighted by Gasteiger charge is -2.11. The molecule has 0 fully saturated rings. The summed E-state index contributed by atoms with van der Waals surface area (Å²) < 4.78 is 14.0. The van der Waals surface area contributed by atoms with Crippen LogP contribution in [0.4, 0.5) is 0 Å². The van der Waals surface area contributed by atoms with Crippen LogP contribution in [0.25, 0.3) is 221 Å². The number of pyridine rings is 3. The van der Waals surface area contributed by atoms with E-state index in [9.17, 15) is 0 Å². The lowest BCUT2D eigenvalue weighted by molar-refractivity contribution is 1.14. The molecule has 9 heteroatoms. The van der Waals surface area contributed by atoms with Crippen LogP contribution >= 0.6 is 0 Å². The number of benzene rings is 17. The van der Waals surface area contributed by atoms with Crippen LogP contribution in [-0.2, 0) is 0 Å². The van der Waals surface area contributed by atoms with Gasteiger partial charge in [-0.25, -0.2) is 15.0 Å². The van der Waals surface area contributed by atoms with Gasteiger partial charge >= 0.3 is 0 Å². The Morgan fingerprint density at radius 2 is 0.419 bits per heavy atom. The summed E-state index contributed by atoms with van der Waals surface area (Å²) in [7, 11) is 0. The summed E-state index contributed by atoms with van der Waals surface area (Å²) in [4.78, 5) is 14.5. The maximum Gasteiger partial charge on any atom is 0.145 e. The van der Waals surface area contributed by atoms with Crippen molar-refractivity contribution in [2.24, 2.45) is 0 Å². The molecule has 0 aliphatic rings. The van der Waals surface area contributed by atoms with Crippen molar-refractivity contribution in [3.63, 3.8) is 0 Å². The molecule has 9 heterocycles. The third-order valence-corrected chi connectivity index (χ3v) is 24.9. The number of aromatic nitrogens is 9. The summed E-state index contributed by atoms with van der Waals surface area (Å²) in [6.07, 6.45) is 5.65. The van der Waals surface area contributed by atoms with Crippen molar-refractivity contribution >= 4 is 142 Å². The molecule has 9 aromatic heterocycles. The molecule has 0 amide bonds. The van der Waals surface area contributed by atoms with Crippen molar-refractivity contribution in [1.82, 2.24) is 42.4 Å². The molecule has 0 atom stereocenters. The Labute approximate surface area is 713 Å². The summed E-state index contributed by atoms with van der Waals surface area (Å²) in [5, 5.41) is 17.1. The molecular formula is C115H75N9. The third-order valence-electron chi connectivity index (χ3n) is 24.9. The molecule has 17 aromatic carbocycles. The van der Waals surface area contributed by atoms with Crippen molar-refractivity contribution in [1.29, 1.82) is 0 Å². The maximum absolute atomic E-state index is 4.85. The van der Waals surface area contributed by atoms with E-state index in [1.807, 2.05) is 36.8 Å². The summed E-state index contributed by atoms with van der Waals surface area (Å²) >= 11 is 0. The van der Waals surface area contributed by atoms with Gasteiger partial charge < -0.3 is 13.7 Å². The van der Waals surface area contributed by atoms with Crippen molar-refractivity contribution in [3.8, 4) is 78.6 Å². The van der Waals surface area contributed by atoms with Crippen LogP contribution in [0.1, 0.15) is 0 Å². The monoisotopic (exact) mass is 1580 g/mol. The predicted octanol–water partition coefficient (Wildman–Crippen LogP) is 29.6. The second-order valence-corrected chi connectivity index (χ2v) is 31.8. The molecule has 0 aliphatic carbocycles. The lowest BCUT2D eigenvalue weighted by Crippen LogP contribution is -1.95. The molecule has 0 spiro atoms. The number of fused-ring (bicyclic) bond motifs is 19. The molecule has 9 nitrogen and oxygen atoms in total. The van der Waals surface area contributed by atoms with Gasteiger partial charge in [-0.2, -0.15) is 0 Å². The van der Waals surface area contributed by atoms with Gasteiger partial charge in [0, 0.05) is 117 Å². The van der Waals surface area contributed by atoms with E-state index in [0.717, 1.165) is 72.4 Å². The molecule has 580 valence electrons. The van der Waals surface area contributed by atoms with E-state index in [2.05, 4.69) is 446 Å². The Hall–Kier alpha value is -16.8. The van der Waals surface area contributed by atoms with Crippen molar-refractivity contribution < 1.29 is 0 Å². The topological polar surface area (TPSA) is 68.2 Å². The Morgan fingerprint density at radius 3 is 0.806 bits per heavy atom. The molecule has 26 aromatic rings. The number of nitrogens with zero attached hydrogens (tertiary/aromatic N) is 9. The number of rotatable bonds is 10. The molecule has 0 aliphatic heterocycles. The van der Waals surface area contributed by atoms with Gasteiger partial charge in [0.2, 0.25) is 0 Å². The van der Waals surface area contributed by atoms with Crippen molar-refractivity contribution in [2.75, 3.05) is 0 Å². The molecule has 0 bridgehead atoms. The normalized spacial score (nSPS) is 11.7. The highest BCUT2D eigenvalue weighted by atomic mass is 15.1. The maximum atomic E-state index is 4.85. The van der Waals surface area contributed by atoms with E-state index in [4.69, 9.17) is 15.0 Å². The first kappa shape index (κ1) is 71.4. The second kappa shape index (κ2) is 29.6. The quantitative estimate of drug-likeness (QED) is 0.137. The van der Waals surface area contributed by atoms with Crippen LogP contribution in [0.2, 0.25) is 0 Å². The number of hydrogen-bond acceptors (Lipinski definition) is 3. The summed E-state index contributed by atoms with van der Waals surface area (Å²) in [5.41, 5.74) is 30.0.